The molecule has 3 N–H and O–H groups in total. The van der Waals surface area contributed by atoms with E-state index in [1.807, 2.05) is 24.3 Å². The van der Waals surface area contributed by atoms with Crippen molar-refractivity contribution in [2.75, 3.05) is 13.2 Å². The summed E-state index contributed by atoms with van der Waals surface area (Å²) >= 11 is 5.87. The Kier molecular flexibility index (Phi) is 5.23. The zero-order chi connectivity index (χ0) is 16.9. The molecule has 0 saturated heterocycles. The lowest BCUT2D eigenvalue weighted by atomic mass is 10.0. The molecule has 126 valence electrons. The number of halogens is 1. The van der Waals surface area contributed by atoms with Crippen molar-refractivity contribution in [3.63, 3.8) is 0 Å². The summed E-state index contributed by atoms with van der Waals surface area (Å²) in [6.07, 6.45) is 0.704. The third-order valence-corrected chi connectivity index (χ3v) is 4.28. The fourth-order valence-electron chi connectivity index (χ4n) is 2.78. The molecule has 1 heterocycles. The third kappa shape index (κ3) is 3.80. The molecule has 6 heteroatoms. The first-order valence-corrected chi connectivity index (χ1v) is 8.20. The molecule has 1 aliphatic rings. The molecule has 0 saturated carbocycles. The molecule has 5 nitrogen and oxygen atoms in total. The Morgan fingerprint density at radius 3 is 2.75 bits per heavy atom. The van der Waals surface area contributed by atoms with Crippen LogP contribution >= 0.6 is 11.6 Å². The maximum atomic E-state index is 12.3. The van der Waals surface area contributed by atoms with E-state index in [-0.39, 0.29) is 18.7 Å². The van der Waals surface area contributed by atoms with Crippen LogP contribution in [0.1, 0.15) is 29.6 Å². The second kappa shape index (κ2) is 7.55. The Bertz CT molecular complexity index is 706. The first-order valence-electron chi connectivity index (χ1n) is 7.82. The number of hydrogen-bond donors (Lipinski definition) is 3. The number of aliphatic hydroxyl groups is 1. The normalized spacial score (nSPS) is 17.3. The highest BCUT2D eigenvalue weighted by molar-refractivity contribution is 6.30. The zero-order valence-electron chi connectivity index (χ0n) is 13.0. The second-order valence-electron chi connectivity index (χ2n) is 5.63. The SMILES string of the molecule is O=C(NC(CO)c1ccc(Cl)cc1)NC1CCOc2ccccc21. The van der Waals surface area contributed by atoms with Gasteiger partial charge in [0.15, 0.2) is 0 Å². The van der Waals surface area contributed by atoms with Gasteiger partial charge in [0.1, 0.15) is 5.75 Å². The third-order valence-electron chi connectivity index (χ3n) is 4.02. The van der Waals surface area contributed by atoms with Gasteiger partial charge < -0.3 is 20.5 Å². The van der Waals surface area contributed by atoms with Crippen LogP contribution in [0.15, 0.2) is 48.5 Å². The van der Waals surface area contributed by atoms with Gasteiger partial charge in [0, 0.05) is 17.0 Å². The maximum absolute atomic E-state index is 12.3. The highest BCUT2D eigenvalue weighted by Crippen LogP contribution is 2.31. The minimum Gasteiger partial charge on any atom is -0.493 e. The predicted molar refractivity (Wildman–Crippen MR) is 92.2 cm³/mol. The van der Waals surface area contributed by atoms with Crippen molar-refractivity contribution in [3.05, 3.63) is 64.7 Å². The molecular formula is C18H19ClN2O3. The van der Waals surface area contributed by atoms with Gasteiger partial charge in [0.2, 0.25) is 0 Å². The number of amides is 2. The van der Waals surface area contributed by atoms with E-state index >= 15 is 0 Å². The van der Waals surface area contributed by atoms with Crippen molar-refractivity contribution >= 4 is 17.6 Å². The van der Waals surface area contributed by atoms with E-state index in [2.05, 4.69) is 10.6 Å². The van der Waals surface area contributed by atoms with Crippen LogP contribution < -0.4 is 15.4 Å². The summed E-state index contributed by atoms with van der Waals surface area (Å²) in [5, 5.41) is 15.9. The first kappa shape index (κ1) is 16.6. The van der Waals surface area contributed by atoms with Crippen molar-refractivity contribution in [2.24, 2.45) is 0 Å². The number of benzene rings is 2. The van der Waals surface area contributed by atoms with Crippen LogP contribution in [0.3, 0.4) is 0 Å². The Morgan fingerprint density at radius 1 is 1.25 bits per heavy atom. The zero-order valence-corrected chi connectivity index (χ0v) is 13.8. The van der Waals surface area contributed by atoms with Gasteiger partial charge in [-0.2, -0.15) is 0 Å². The summed E-state index contributed by atoms with van der Waals surface area (Å²) in [4.78, 5) is 12.3. The molecule has 2 amide bonds. The number of carbonyl (C=O) groups excluding carboxylic acids is 1. The monoisotopic (exact) mass is 346 g/mol. The van der Waals surface area contributed by atoms with E-state index in [1.165, 1.54) is 0 Å². The van der Waals surface area contributed by atoms with Gasteiger partial charge in [-0.1, -0.05) is 41.9 Å². The van der Waals surface area contributed by atoms with Crippen LogP contribution in [0.5, 0.6) is 5.75 Å². The highest BCUT2D eigenvalue weighted by Gasteiger charge is 2.23. The summed E-state index contributed by atoms with van der Waals surface area (Å²) in [5.41, 5.74) is 1.76. The number of nitrogens with one attached hydrogen (secondary N) is 2. The molecule has 0 spiro atoms. The fourth-order valence-corrected chi connectivity index (χ4v) is 2.91. The average molecular weight is 347 g/mol. The lowest BCUT2D eigenvalue weighted by Gasteiger charge is -2.27. The number of rotatable bonds is 4. The number of para-hydroxylation sites is 1. The largest absolute Gasteiger partial charge is 0.493 e. The van der Waals surface area contributed by atoms with Crippen LogP contribution in [-0.4, -0.2) is 24.4 Å². The average Bonchev–Trinajstić information content (AvgIpc) is 2.61. The predicted octanol–water partition coefficient (Wildman–Crippen LogP) is 3.20. The summed E-state index contributed by atoms with van der Waals surface area (Å²) < 4.78 is 5.59. The van der Waals surface area contributed by atoms with Gasteiger partial charge in [-0.05, 0) is 23.8 Å². The summed E-state index contributed by atoms with van der Waals surface area (Å²) in [6.45, 7) is 0.363. The van der Waals surface area contributed by atoms with E-state index < -0.39 is 6.04 Å². The van der Waals surface area contributed by atoms with Gasteiger partial charge in [-0.3, -0.25) is 0 Å². The molecule has 2 atom stereocenters. The van der Waals surface area contributed by atoms with Crippen LogP contribution in [0, 0.1) is 0 Å². The standard InChI is InChI=1S/C18H19ClN2O3/c19-13-7-5-12(6-8-13)16(11-22)21-18(23)20-15-9-10-24-17-4-2-1-3-14(15)17/h1-8,15-16,22H,9-11H2,(H2,20,21,23). The van der Waals surface area contributed by atoms with E-state index in [0.29, 0.717) is 18.1 Å². The van der Waals surface area contributed by atoms with Crippen molar-refractivity contribution in [1.82, 2.24) is 10.6 Å². The van der Waals surface area contributed by atoms with Gasteiger partial charge in [-0.15, -0.1) is 0 Å². The van der Waals surface area contributed by atoms with Crippen molar-refractivity contribution < 1.29 is 14.6 Å². The van der Waals surface area contributed by atoms with E-state index in [1.54, 1.807) is 24.3 Å². The number of urea groups is 1. The number of carbonyl (C=O) groups is 1. The summed E-state index contributed by atoms with van der Waals surface area (Å²) in [5.74, 6) is 0.797. The molecular weight excluding hydrogens is 328 g/mol. The van der Waals surface area contributed by atoms with Crippen LogP contribution in [-0.2, 0) is 0 Å². The van der Waals surface area contributed by atoms with E-state index in [4.69, 9.17) is 16.3 Å². The van der Waals surface area contributed by atoms with Gasteiger partial charge in [-0.25, -0.2) is 4.79 Å². The topological polar surface area (TPSA) is 70.6 Å². The number of hydrogen-bond acceptors (Lipinski definition) is 3. The molecule has 3 rings (SSSR count). The van der Waals surface area contributed by atoms with E-state index in [0.717, 1.165) is 16.9 Å². The Morgan fingerprint density at radius 2 is 2.00 bits per heavy atom. The Labute approximate surface area is 145 Å². The molecule has 0 fully saturated rings. The quantitative estimate of drug-likeness (QED) is 0.796. The molecule has 1 aliphatic heterocycles. The molecule has 2 aromatic rings. The smallest absolute Gasteiger partial charge is 0.315 e. The molecule has 2 unspecified atom stereocenters. The van der Waals surface area contributed by atoms with E-state index in [9.17, 15) is 9.90 Å². The fraction of sp³-hybridized carbons (Fsp3) is 0.278. The van der Waals surface area contributed by atoms with Gasteiger partial charge in [0.05, 0.1) is 25.3 Å². The molecule has 0 bridgehead atoms. The van der Waals surface area contributed by atoms with Gasteiger partial charge >= 0.3 is 6.03 Å². The van der Waals surface area contributed by atoms with Crippen LogP contribution in [0.25, 0.3) is 0 Å². The van der Waals surface area contributed by atoms with Crippen LogP contribution in [0.2, 0.25) is 5.02 Å². The Balaban J connectivity index is 1.66. The molecule has 24 heavy (non-hydrogen) atoms. The first-order chi connectivity index (χ1) is 11.7. The second-order valence-corrected chi connectivity index (χ2v) is 6.07. The minimum atomic E-state index is -0.489. The van der Waals surface area contributed by atoms with Crippen molar-refractivity contribution in [3.8, 4) is 5.75 Å². The summed E-state index contributed by atoms with van der Waals surface area (Å²) in [6, 6.07) is 13.8. The number of ether oxygens (including phenoxy) is 1. The lowest BCUT2D eigenvalue weighted by Crippen LogP contribution is -2.42. The lowest BCUT2D eigenvalue weighted by molar-refractivity contribution is 0.206. The highest BCUT2D eigenvalue weighted by atomic mass is 35.5. The Hall–Kier alpha value is -2.24. The molecule has 0 aromatic heterocycles. The van der Waals surface area contributed by atoms with Gasteiger partial charge in [0.25, 0.3) is 0 Å². The number of fused-ring (bicyclic) bond motifs is 1. The molecule has 0 aliphatic carbocycles. The number of aliphatic hydroxyl groups excluding tert-OH is 1. The van der Waals surface area contributed by atoms with Crippen LogP contribution in [0.4, 0.5) is 4.79 Å². The summed E-state index contributed by atoms with van der Waals surface area (Å²) in [7, 11) is 0. The van der Waals surface area contributed by atoms with Crippen molar-refractivity contribution in [1.29, 1.82) is 0 Å². The van der Waals surface area contributed by atoms with Crippen molar-refractivity contribution in [2.45, 2.75) is 18.5 Å². The molecule has 0 radical (unpaired) electrons. The maximum Gasteiger partial charge on any atom is 0.315 e. The minimum absolute atomic E-state index is 0.112. The molecule has 2 aromatic carbocycles.